The van der Waals surface area contributed by atoms with E-state index in [1.807, 2.05) is 11.6 Å². The summed E-state index contributed by atoms with van der Waals surface area (Å²) in [5, 5.41) is 4.29. The van der Waals surface area contributed by atoms with Crippen LogP contribution in [-0.2, 0) is 22.6 Å². The Morgan fingerprint density at radius 3 is 2.76 bits per heavy atom. The van der Waals surface area contributed by atoms with Gasteiger partial charge in [0.15, 0.2) is 0 Å². The van der Waals surface area contributed by atoms with Crippen molar-refractivity contribution in [2.75, 3.05) is 19.7 Å². The molecule has 6 nitrogen and oxygen atoms in total. The van der Waals surface area contributed by atoms with Crippen LogP contribution < -0.4 is 0 Å². The van der Waals surface area contributed by atoms with E-state index in [0.29, 0.717) is 12.5 Å². The largest absolute Gasteiger partial charge is 0.466 e. The lowest BCUT2D eigenvalue weighted by molar-refractivity contribution is -0.149. The molecule has 0 aromatic carbocycles. The van der Waals surface area contributed by atoms with Gasteiger partial charge in [0.1, 0.15) is 12.2 Å². The summed E-state index contributed by atoms with van der Waals surface area (Å²) in [7, 11) is 0. The molecule has 1 aliphatic rings. The molecular formula is C15H26N4O2. The number of carbonyl (C=O) groups is 1. The molecule has 2 heterocycles. The van der Waals surface area contributed by atoms with Crippen LogP contribution >= 0.6 is 0 Å². The summed E-state index contributed by atoms with van der Waals surface area (Å²) in [6.07, 6.45) is 3.37. The lowest BCUT2D eigenvalue weighted by Crippen LogP contribution is -2.37. The Morgan fingerprint density at radius 1 is 1.43 bits per heavy atom. The molecule has 0 atom stereocenters. The number of hydrogen-bond donors (Lipinski definition) is 0. The molecule has 6 heteroatoms. The van der Waals surface area contributed by atoms with E-state index >= 15 is 0 Å². The summed E-state index contributed by atoms with van der Waals surface area (Å²) < 4.78 is 7.09. The molecule has 0 aliphatic carbocycles. The lowest BCUT2D eigenvalue weighted by atomic mass is 9.97. The highest BCUT2D eigenvalue weighted by atomic mass is 16.5. The van der Waals surface area contributed by atoms with E-state index in [4.69, 9.17) is 4.74 Å². The highest BCUT2D eigenvalue weighted by Gasteiger charge is 2.26. The minimum Gasteiger partial charge on any atom is -0.466 e. The van der Waals surface area contributed by atoms with Crippen LogP contribution in [0.15, 0.2) is 6.33 Å². The lowest BCUT2D eigenvalue weighted by Gasteiger charge is -2.30. The summed E-state index contributed by atoms with van der Waals surface area (Å²) >= 11 is 0. The Morgan fingerprint density at radius 2 is 2.14 bits per heavy atom. The monoisotopic (exact) mass is 294 g/mol. The van der Waals surface area contributed by atoms with Crippen molar-refractivity contribution in [3.05, 3.63) is 12.2 Å². The van der Waals surface area contributed by atoms with E-state index in [9.17, 15) is 4.79 Å². The van der Waals surface area contributed by atoms with Crippen LogP contribution in [0.4, 0.5) is 0 Å². The molecule has 1 fully saturated rings. The van der Waals surface area contributed by atoms with Crippen LogP contribution in [0.5, 0.6) is 0 Å². The summed E-state index contributed by atoms with van der Waals surface area (Å²) in [5.74, 6) is 1.59. The molecule has 0 unspecified atom stereocenters. The Hall–Kier alpha value is -1.43. The normalized spacial score (nSPS) is 17.3. The van der Waals surface area contributed by atoms with Crippen LogP contribution in [0.25, 0.3) is 0 Å². The fourth-order valence-electron chi connectivity index (χ4n) is 2.70. The van der Waals surface area contributed by atoms with Gasteiger partial charge in [0, 0.05) is 6.54 Å². The second-order valence-electron chi connectivity index (χ2n) is 6.05. The van der Waals surface area contributed by atoms with Gasteiger partial charge >= 0.3 is 5.97 Å². The Kier molecular flexibility index (Phi) is 5.73. The smallest absolute Gasteiger partial charge is 0.309 e. The van der Waals surface area contributed by atoms with Crippen molar-refractivity contribution in [3.8, 4) is 0 Å². The predicted octanol–water partition coefficient (Wildman–Crippen LogP) is 1.71. The fraction of sp³-hybridized carbons (Fsp3) is 0.800. The molecule has 0 N–H and O–H groups in total. The van der Waals surface area contributed by atoms with Crippen molar-refractivity contribution < 1.29 is 9.53 Å². The summed E-state index contributed by atoms with van der Waals surface area (Å²) in [6.45, 7) is 10.2. The van der Waals surface area contributed by atoms with Crippen molar-refractivity contribution in [1.82, 2.24) is 19.7 Å². The van der Waals surface area contributed by atoms with E-state index in [-0.39, 0.29) is 11.9 Å². The van der Waals surface area contributed by atoms with E-state index in [0.717, 1.165) is 44.8 Å². The SMILES string of the molecule is CCOC(=O)C1CCN(Cc2ncnn2CC(C)C)CC1. The number of likely N-dealkylation sites (tertiary alicyclic amines) is 1. The Labute approximate surface area is 126 Å². The highest BCUT2D eigenvalue weighted by Crippen LogP contribution is 2.20. The maximum Gasteiger partial charge on any atom is 0.309 e. The number of hydrogen-bond acceptors (Lipinski definition) is 5. The Bertz CT molecular complexity index is 450. The molecule has 0 radical (unpaired) electrons. The first-order chi connectivity index (χ1) is 10.1. The zero-order valence-corrected chi connectivity index (χ0v) is 13.3. The van der Waals surface area contributed by atoms with Crippen LogP contribution in [0, 0.1) is 11.8 Å². The standard InChI is InChI=1S/C15H26N4O2/c1-4-21-15(20)13-5-7-18(8-6-13)10-14-16-11-17-19(14)9-12(2)3/h11-13H,4-10H2,1-3H3. The summed E-state index contributed by atoms with van der Waals surface area (Å²) in [4.78, 5) is 18.4. The molecule has 1 saturated heterocycles. The molecular weight excluding hydrogens is 268 g/mol. The molecule has 1 aliphatic heterocycles. The maximum absolute atomic E-state index is 11.7. The zero-order valence-electron chi connectivity index (χ0n) is 13.3. The highest BCUT2D eigenvalue weighted by molar-refractivity contribution is 5.72. The first kappa shape index (κ1) is 15.9. The minimum absolute atomic E-state index is 0.0416. The van der Waals surface area contributed by atoms with Gasteiger partial charge < -0.3 is 4.74 Å². The van der Waals surface area contributed by atoms with Crippen molar-refractivity contribution in [3.63, 3.8) is 0 Å². The third-order valence-corrected chi connectivity index (χ3v) is 3.81. The van der Waals surface area contributed by atoms with Crippen molar-refractivity contribution >= 4 is 5.97 Å². The van der Waals surface area contributed by atoms with Crippen molar-refractivity contribution in [2.24, 2.45) is 11.8 Å². The maximum atomic E-state index is 11.7. The molecule has 118 valence electrons. The third kappa shape index (κ3) is 4.52. The van der Waals surface area contributed by atoms with Gasteiger partial charge in [-0.25, -0.2) is 9.67 Å². The number of rotatable bonds is 6. The number of esters is 1. The van der Waals surface area contributed by atoms with Crippen LogP contribution in [-0.4, -0.2) is 45.3 Å². The number of piperidine rings is 1. The third-order valence-electron chi connectivity index (χ3n) is 3.81. The molecule has 1 aromatic heterocycles. The van der Waals surface area contributed by atoms with Gasteiger partial charge in [-0.3, -0.25) is 9.69 Å². The summed E-state index contributed by atoms with van der Waals surface area (Å²) in [5.41, 5.74) is 0. The minimum atomic E-state index is -0.0416. The van der Waals surface area contributed by atoms with Gasteiger partial charge in [0.05, 0.1) is 19.1 Å². The van der Waals surface area contributed by atoms with Gasteiger partial charge in [-0.05, 0) is 38.8 Å². The molecule has 0 spiro atoms. The quantitative estimate of drug-likeness (QED) is 0.748. The van der Waals surface area contributed by atoms with Crippen LogP contribution in [0.3, 0.4) is 0 Å². The molecule has 0 bridgehead atoms. The van der Waals surface area contributed by atoms with E-state index in [2.05, 4.69) is 28.8 Å². The zero-order chi connectivity index (χ0) is 15.2. The fourth-order valence-corrected chi connectivity index (χ4v) is 2.70. The first-order valence-electron chi connectivity index (χ1n) is 7.85. The topological polar surface area (TPSA) is 60.2 Å². The second-order valence-corrected chi connectivity index (χ2v) is 6.05. The average Bonchev–Trinajstić information content (AvgIpc) is 2.86. The van der Waals surface area contributed by atoms with Crippen molar-refractivity contribution in [2.45, 2.75) is 46.7 Å². The molecule has 0 amide bonds. The summed E-state index contributed by atoms with van der Waals surface area (Å²) in [6, 6.07) is 0. The number of carbonyl (C=O) groups excluding carboxylic acids is 1. The van der Waals surface area contributed by atoms with Gasteiger partial charge in [-0.2, -0.15) is 5.10 Å². The van der Waals surface area contributed by atoms with Gasteiger partial charge in [-0.15, -0.1) is 0 Å². The van der Waals surface area contributed by atoms with Gasteiger partial charge in [0.2, 0.25) is 0 Å². The average molecular weight is 294 g/mol. The van der Waals surface area contributed by atoms with E-state index in [1.54, 1.807) is 6.33 Å². The van der Waals surface area contributed by atoms with E-state index in [1.165, 1.54) is 0 Å². The second kappa shape index (κ2) is 7.54. The van der Waals surface area contributed by atoms with Gasteiger partial charge in [-0.1, -0.05) is 13.8 Å². The molecule has 1 aromatic rings. The number of aromatic nitrogens is 3. The molecule has 0 saturated carbocycles. The molecule has 21 heavy (non-hydrogen) atoms. The van der Waals surface area contributed by atoms with E-state index < -0.39 is 0 Å². The van der Waals surface area contributed by atoms with Crippen LogP contribution in [0.2, 0.25) is 0 Å². The number of nitrogens with zero attached hydrogens (tertiary/aromatic N) is 4. The first-order valence-corrected chi connectivity index (χ1v) is 7.85. The Balaban J connectivity index is 1.83. The predicted molar refractivity (Wildman–Crippen MR) is 79.5 cm³/mol. The molecule has 2 rings (SSSR count). The number of ether oxygens (including phenoxy) is 1. The van der Waals surface area contributed by atoms with Crippen molar-refractivity contribution in [1.29, 1.82) is 0 Å². The van der Waals surface area contributed by atoms with Crippen LogP contribution in [0.1, 0.15) is 39.4 Å². The van der Waals surface area contributed by atoms with Gasteiger partial charge in [0.25, 0.3) is 0 Å².